The maximum Gasteiger partial charge on any atom is 0.0846 e. The van der Waals surface area contributed by atoms with E-state index in [1.165, 1.54) is 31.2 Å². The molecule has 1 fully saturated rings. The molecule has 1 saturated carbocycles. The summed E-state index contributed by atoms with van der Waals surface area (Å²) in [6.45, 7) is 8.97. The normalized spacial score (nSPS) is 19.8. The molecule has 1 aromatic carbocycles. The third kappa shape index (κ3) is 3.25. The predicted octanol–water partition coefficient (Wildman–Crippen LogP) is 5.45. The van der Waals surface area contributed by atoms with Crippen molar-refractivity contribution in [3.8, 4) is 0 Å². The van der Waals surface area contributed by atoms with Gasteiger partial charge in [0.1, 0.15) is 0 Å². The maximum absolute atomic E-state index is 10.9. The Hall–Kier alpha value is -0.820. The predicted molar refractivity (Wildman–Crippen MR) is 85.8 cm³/mol. The van der Waals surface area contributed by atoms with E-state index in [0.29, 0.717) is 11.8 Å². The Kier molecular flexibility index (Phi) is 4.90. The highest BCUT2D eigenvalue weighted by molar-refractivity contribution is 5.27. The fraction of sp³-hybridized carbons (Fsp3) is 0.684. The summed E-state index contributed by atoms with van der Waals surface area (Å²) < 4.78 is 0. The molecule has 1 heteroatoms. The maximum atomic E-state index is 10.9. The SMILES string of the molecule is CC(C)CC1(C(O)c2ccc(C(C)C)cc2)CCCC1. The molecular weight excluding hydrogens is 244 g/mol. The van der Waals surface area contributed by atoms with Gasteiger partial charge in [-0.05, 0) is 42.2 Å². The van der Waals surface area contributed by atoms with Crippen molar-refractivity contribution >= 4 is 0 Å². The fourth-order valence-electron chi connectivity index (χ4n) is 3.90. The Bertz CT molecular complexity index is 410. The third-order valence-corrected chi connectivity index (χ3v) is 4.91. The van der Waals surface area contributed by atoms with Crippen molar-refractivity contribution in [2.75, 3.05) is 0 Å². The summed E-state index contributed by atoms with van der Waals surface area (Å²) in [7, 11) is 0. The minimum atomic E-state index is -0.298. The Morgan fingerprint density at radius 3 is 1.90 bits per heavy atom. The number of rotatable bonds is 5. The van der Waals surface area contributed by atoms with Crippen LogP contribution < -0.4 is 0 Å². The molecule has 1 unspecified atom stereocenters. The molecule has 0 bridgehead atoms. The molecule has 1 atom stereocenters. The zero-order valence-corrected chi connectivity index (χ0v) is 13.5. The molecule has 0 amide bonds. The molecule has 0 aromatic heterocycles. The van der Waals surface area contributed by atoms with E-state index in [0.717, 1.165) is 12.0 Å². The molecule has 0 radical (unpaired) electrons. The van der Waals surface area contributed by atoms with E-state index in [1.807, 2.05) is 0 Å². The van der Waals surface area contributed by atoms with Gasteiger partial charge in [0, 0.05) is 5.41 Å². The number of aliphatic hydroxyl groups is 1. The van der Waals surface area contributed by atoms with Crippen LogP contribution in [-0.2, 0) is 0 Å². The lowest BCUT2D eigenvalue weighted by Crippen LogP contribution is -2.27. The molecule has 0 spiro atoms. The van der Waals surface area contributed by atoms with Gasteiger partial charge in [-0.25, -0.2) is 0 Å². The summed E-state index contributed by atoms with van der Waals surface area (Å²) in [5.41, 5.74) is 2.58. The number of benzene rings is 1. The van der Waals surface area contributed by atoms with Crippen LogP contribution in [0, 0.1) is 11.3 Å². The van der Waals surface area contributed by atoms with E-state index in [4.69, 9.17) is 0 Å². The van der Waals surface area contributed by atoms with Gasteiger partial charge in [-0.3, -0.25) is 0 Å². The number of hydrogen-bond acceptors (Lipinski definition) is 1. The van der Waals surface area contributed by atoms with E-state index in [2.05, 4.69) is 52.0 Å². The summed E-state index contributed by atoms with van der Waals surface area (Å²) in [6, 6.07) is 8.64. The fourth-order valence-corrected chi connectivity index (χ4v) is 3.90. The van der Waals surface area contributed by atoms with Crippen molar-refractivity contribution in [2.45, 2.75) is 71.8 Å². The molecule has 1 aliphatic rings. The number of hydrogen-bond donors (Lipinski definition) is 1. The topological polar surface area (TPSA) is 20.2 Å². The molecule has 1 aromatic rings. The molecule has 1 N–H and O–H groups in total. The van der Waals surface area contributed by atoms with E-state index < -0.39 is 0 Å². The van der Waals surface area contributed by atoms with Crippen LogP contribution in [0.2, 0.25) is 0 Å². The minimum Gasteiger partial charge on any atom is -0.388 e. The second kappa shape index (κ2) is 6.30. The van der Waals surface area contributed by atoms with E-state index >= 15 is 0 Å². The van der Waals surface area contributed by atoms with Gasteiger partial charge >= 0.3 is 0 Å². The molecule has 20 heavy (non-hydrogen) atoms. The highest BCUT2D eigenvalue weighted by Crippen LogP contribution is 2.51. The summed E-state index contributed by atoms with van der Waals surface area (Å²) in [6.07, 6.45) is 5.74. The lowest BCUT2D eigenvalue weighted by Gasteiger charge is -2.36. The molecule has 0 heterocycles. The number of aliphatic hydroxyl groups excluding tert-OH is 1. The Morgan fingerprint density at radius 2 is 1.45 bits per heavy atom. The zero-order valence-electron chi connectivity index (χ0n) is 13.5. The average Bonchev–Trinajstić information content (AvgIpc) is 2.87. The van der Waals surface area contributed by atoms with Crippen molar-refractivity contribution in [3.63, 3.8) is 0 Å². The molecule has 1 aliphatic carbocycles. The van der Waals surface area contributed by atoms with E-state index in [9.17, 15) is 5.11 Å². The summed E-state index contributed by atoms with van der Waals surface area (Å²) in [5, 5.41) is 10.9. The van der Waals surface area contributed by atoms with E-state index in [-0.39, 0.29) is 11.5 Å². The molecule has 2 rings (SSSR count). The van der Waals surface area contributed by atoms with Gasteiger partial charge < -0.3 is 5.11 Å². The van der Waals surface area contributed by atoms with Crippen LogP contribution in [0.4, 0.5) is 0 Å². The highest BCUT2D eigenvalue weighted by atomic mass is 16.3. The van der Waals surface area contributed by atoms with Gasteiger partial charge in [0.25, 0.3) is 0 Å². The van der Waals surface area contributed by atoms with Gasteiger partial charge in [-0.15, -0.1) is 0 Å². The van der Waals surface area contributed by atoms with Crippen molar-refractivity contribution in [2.24, 2.45) is 11.3 Å². The smallest absolute Gasteiger partial charge is 0.0846 e. The van der Waals surface area contributed by atoms with Crippen LogP contribution in [0.5, 0.6) is 0 Å². The Balaban J connectivity index is 2.21. The van der Waals surface area contributed by atoms with Gasteiger partial charge in [-0.1, -0.05) is 64.8 Å². The first kappa shape index (κ1) is 15.6. The molecule has 0 aliphatic heterocycles. The second-order valence-electron chi connectivity index (χ2n) is 7.39. The Labute approximate surface area is 124 Å². The van der Waals surface area contributed by atoms with Crippen molar-refractivity contribution in [1.82, 2.24) is 0 Å². The molecule has 112 valence electrons. The molecule has 1 nitrogen and oxygen atoms in total. The monoisotopic (exact) mass is 274 g/mol. The molecule has 0 saturated heterocycles. The van der Waals surface area contributed by atoms with Crippen LogP contribution in [0.1, 0.15) is 82.9 Å². The quantitative estimate of drug-likeness (QED) is 0.757. The van der Waals surface area contributed by atoms with Gasteiger partial charge in [0.2, 0.25) is 0 Å². The summed E-state index contributed by atoms with van der Waals surface area (Å²) >= 11 is 0. The standard InChI is InChI=1S/C19H30O/c1-14(2)13-19(11-5-6-12-19)18(20)17-9-7-16(8-10-17)15(3)4/h7-10,14-15,18,20H,5-6,11-13H2,1-4H3. The minimum absolute atomic E-state index is 0.119. The van der Waals surface area contributed by atoms with Crippen molar-refractivity contribution < 1.29 is 5.11 Å². The van der Waals surface area contributed by atoms with E-state index in [1.54, 1.807) is 0 Å². The third-order valence-electron chi connectivity index (χ3n) is 4.91. The summed E-state index contributed by atoms with van der Waals surface area (Å²) in [4.78, 5) is 0. The Morgan fingerprint density at radius 1 is 0.950 bits per heavy atom. The van der Waals surface area contributed by atoms with Crippen LogP contribution in [-0.4, -0.2) is 5.11 Å². The van der Waals surface area contributed by atoms with Crippen LogP contribution in [0.3, 0.4) is 0 Å². The van der Waals surface area contributed by atoms with Crippen molar-refractivity contribution in [3.05, 3.63) is 35.4 Å². The first-order chi connectivity index (χ1) is 9.44. The highest BCUT2D eigenvalue weighted by Gasteiger charge is 2.41. The van der Waals surface area contributed by atoms with Gasteiger partial charge in [0.15, 0.2) is 0 Å². The van der Waals surface area contributed by atoms with Gasteiger partial charge in [0.05, 0.1) is 6.10 Å². The van der Waals surface area contributed by atoms with Crippen LogP contribution >= 0.6 is 0 Å². The van der Waals surface area contributed by atoms with Gasteiger partial charge in [-0.2, -0.15) is 0 Å². The molecular formula is C19H30O. The summed E-state index contributed by atoms with van der Waals surface area (Å²) in [5.74, 6) is 1.20. The largest absolute Gasteiger partial charge is 0.388 e. The second-order valence-corrected chi connectivity index (χ2v) is 7.39. The van der Waals surface area contributed by atoms with Crippen molar-refractivity contribution in [1.29, 1.82) is 0 Å². The lowest BCUT2D eigenvalue weighted by molar-refractivity contribution is 0.0112. The van der Waals surface area contributed by atoms with Crippen LogP contribution in [0.25, 0.3) is 0 Å². The first-order valence-corrected chi connectivity index (χ1v) is 8.22. The lowest BCUT2D eigenvalue weighted by atomic mass is 9.72. The first-order valence-electron chi connectivity index (χ1n) is 8.22. The zero-order chi connectivity index (χ0) is 14.8. The van der Waals surface area contributed by atoms with Crippen LogP contribution in [0.15, 0.2) is 24.3 Å². The average molecular weight is 274 g/mol.